The number of hydrogen-bond acceptors (Lipinski definition) is 7. The number of amides is 1. The molecule has 26 heavy (non-hydrogen) atoms. The molecule has 0 saturated carbocycles. The van der Waals surface area contributed by atoms with Crippen LogP contribution in [0.1, 0.15) is 44.9 Å². The molecule has 3 N–H and O–H groups in total. The van der Waals surface area contributed by atoms with Crippen LogP contribution in [0.15, 0.2) is 28.2 Å². The van der Waals surface area contributed by atoms with Crippen LogP contribution in [0, 0.1) is 0 Å². The van der Waals surface area contributed by atoms with Crippen LogP contribution < -0.4 is 16.6 Å². The highest BCUT2D eigenvalue weighted by molar-refractivity contribution is 5.89. The summed E-state index contributed by atoms with van der Waals surface area (Å²) in [5, 5.41) is 6.78. The van der Waals surface area contributed by atoms with Gasteiger partial charge in [0.2, 0.25) is 11.9 Å². The van der Waals surface area contributed by atoms with Crippen molar-refractivity contribution in [1.82, 2.24) is 19.7 Å². The van der Waals surface area contributed by atoms with Crippen LogP contribution in [-0.4, -0.2) is 37.9 Å². The van der Waals surface area contributed by atoms with Crippen LogP contribution >= 0.6 is 0 Å². The first-order valence-electron chi connectivity index (χ1n) is 8.30. The first-order valence-corrected chi connectivity index (χ1v) is 8.30. The van der Waals surface area contributed by atoms with E-state index in [1.54, 1.807) is 6.07 Å². The highest BCUT2D eigenvalue weighted by Gasteiger charge is 2.18. The number of aromatic nitrogens is 4. The van der Waals surface area contributed by atoms with E-state index in [1.165, 1.54) is 18.6 Å². The maximum absolute atomic E-state index is 12.7. The van der Waals surface area contributed by atoms with Gasteiger partial charge in [-0.25, -0.2) is 14.6 Å². The fourth-order valence-electron chi connectivity index (χ4n) is 2.17. The number of aliphatic imine (C=N–C) groups is 1. The van der Waals surface area contributed by atoms with Crippen LogP contribution in [0.3, 0.4) is 0 Å². The molecular weight excluding hydrogens is 334 g/mol. The largest absolute Gasteiger partial charge is 0.396 e. The van der Waals surface area contributed by atoms with E-state index in [0.29, 0.717) is 5.69 Å². The van der Waals surface area contributed by atoms with Crippen molar-refractivity contribution in [2.45, 2.75) is 46.2 Å². The molecule has 9 heteroatoms. The van der Waals surface area contributed by atoms with E-state index < -0.39 is 11.5 Å². The van der Waals surface area contributed by atoms with E-state index in [1.807, 2.05) is 27.7 Å². The van der Waals surface area contributed by atoms with Gasteiger partial charge < -0.3 is 5.73 Å². The number of carbonyl (C=O) groups is 1. The molecule has 0 spiro atoms. The molecule has 1 amide bonds. The van der Waals surface area contributed by atoms with Crippen molar-refractivity contribution >= 4 is 23.8 Å². The first kappa shape index (κ1) is 19.2. The van der Waals surface area contributed by atoms with Crippen molar-refractivity contribution in [1.29, 1.82) is 0 Å². The van der Waals surface area contributed by atoms with E-state index in [-0.39, 0.29) is 35.7 Å². The van der Waals surface area contributed by atoms with E-state index >= 15 is 0 Å². The molecule has 0 aromatic carbocycles. The van der Waals surface area contributed by atoms with Gasteiger partial charge in [0.25, 0.3) is 5.56 Å². The number of rotatable bonds is 6. The summed E-state index contributed by atoms with van der Waals surface area (Å²) >= 11 is 0. The average Bonchev–Trinajstić information content (AvgIpc) is 2.57. The van der Waals surface area contributed by atoms with Gasteiger partial charge in [0, 0.05) is 24.7 Å². The molecule has 0 fully saturated rings. The second-order valence-corrected chi connectivity index (χ2v) is 6.32. The van der Waals surface area contributed by atoms with E-state index in [4.69, 9.17) is 5.73 Å². The number of hydrogen-bond donors (Lipinski definition) is 2. The van der Waals surface area contributed by atoms with E-state index in [2.05, 4.69) is 25.4 Å². The fourth-order valence-corrected chi connectivity index (χ4v) is 2.17. The molecule has 138 valence electrons. The molecule has 0 aliphatic carbocycles. The number of nitrogens with zero attached hydrogens (tertiary/aromatic N) is 5. The molecule has 0 aliphatic rings. The Morgan fingerprint density at radius 3 is 2.54 bits per heavy atom. The Hall–Kier alpha value is -3.10. The van der Waals surface area contributed by atoms with Crippen LogP contribution in [-0.2, 0) is 11.3 Å². The van der Waals surface area contributed by atoms with Gasteiger partial charge in [0.1, 0.15) is 6.54 Å². The number of anilines is 2. The molecule has 0 bridgehead atoms. The second kappa shape index (κ2) is 8.32. The molecule has 2 aromatic rings. The Morgan fingerprint density at radius 1 is 1.31 bits per heavy atom. The summed E-state index contributed by atoms with van der Waals surface area (Å²) in [7, 11) is 0. The Bertz CT molecular complexity index is 857. The lowest BCUT2D eigenvalue weighted by Gasteiger charge is -2.14. The maximum Gasteiger partial charge on any atom is 0.278 e. The molecule has 2 heterocycles. The molecule has 2 rings (SSSR count). The highest BCUT2D eigenvalue weighted by atomic mass is 16.2. The fraction of sp³-hybridized carbons (Fsp3) is 0.412. The van der Waals surface area contributed by atoms with Gasteiger partial charge >= 0.3 is 0 Å². The van der Waals surface area contributed by atoms with Crippen LogP contribution in [0.4, 0.5) is 11.6 Å². The van der Waals surface area contributed by atoms with Crippen molar-refractivity contribution in [2.24, 2.45) is 4.99 Å². The predicted octanol–water partition coefficient (Wildman–Crippen LogP) is 1.20. The Morgan fingerprint density at radius 2 is 1.96 bits per heavy atom. The quantitative estimate of drug-likeness (QED) is 0.748. The zero-order valence-electron chi connectivity index (χ0n) is 15.3. The third-order valence-corrected chi connectivity index (χ3v) is 3.42. The van der Waals surface area contributed by atoms with Crippen LogP contribution in [0.5, 0.6) is 0 Å². The summed E-state index contributed by atoms with van der Waals surface area (Å²) in [5.74, 6) is -0.322. The summed E-state index contributed by atoms with van der Waals surface area (Å²) in [6.45, 7) is 7.33. The molecule has 0 saturated heterocycles. The minimum atomic E-state index is -0.472. The number of nitrogens with one attached hydrogen (secondary N) is 1. The standard InChI is InChI=1S/C17H23N7O2/c1-10(2)15-14(18)12(8-21-11(3)4)16(26)24(23-15)9-13(25)22-17-19-6-5-7-20-17/h5-8,10-11H,9,18H2,1-4H3,(H,19,20,22,25). The summed E-state index contributed by atoms with van der Waals surface area (Å²) in [6.07, 6.45) is 4.46. The van der Waals surface area contributed by atoms with Crippen molar-refractivity contribution < 1.29 is 4.79 Å². The normalized spacial score (nSPS) is 11.5. The number of nitrogen functional groups attached to an aromatic ring is 1. The Balaban J connectivity index is 2.38. The molecule has 0 aliphatic heterocycles. The first-order chi connectivity index (χ1) is 12.3. The molecule has 0 unspecified atom stereocenters. The van der Waals surface area contributed by atoms with Crippen molar-refractivity contribution in [2.75, 3.05) is 11.1 Å². The lowest BCUT2D eigenvalue weighted by atomic mass is 10.1. The summed E-state index contributed by atoms with van der Waals surface area (Å²) in [4.78, 5) is 37.0. The molecule has 0 radical (unpaired) electrons. The third kappa shape index (κ3) is 4.71. The number of nitrogens with two attached hydrogens (primary N) is 1. The zero-order valence-corrected chi connectivity index (χ0v) is 15.3. The van der Waals surface area contributed by atoms with Gasteiger partial charge in [-0.05, 0) is 25.8 Å². The molecular formula is C17H23N7O2. The third-order valence-electron chi connectivity index (χ3n) is 3.42. The van der Waals surface area contributed by atoms with Crippen molar-refractivity contribution in [3.8, 4) is 0 Å². The minimum absolute atomic E-state index is 0.0106. The second-order valence-electron chi connectivity index (χ2n) is 6.32. The predicted molar refractivity (Wildman–Crippen MR) is 100 cm³/mol. The Kier molecular flexibility index (Phi) is 6.16. The molecule has 0 atom stereocenters. The number of carbonyl (C=O) groups excluding carboxylic acids is 1. The average molecular weight is 357 g/mol. The molecule has 9 nitrogen and oxygen atoms in total. The monoisotopic (exact) mass is 357 g/mol. The lowest BCUT2D eigenvalue weighted by Crippen LogP contribution is -2.34. The lowest BCUT2D eigenvalue weighted by molar-refractivity contribution is -0.117. The topological polar surface area (TPSA) is 128 Å². The van der Waals surface area contributed by atoms with Gasteiger partial charge in [0.05, 0.1) is 16.9 Å². The van der Waals surface area contributed by atoms with E-state index in [0.717, 1.165) is 4.68 Å². The highest BCUT2D eigenvalue weighted by Crippen LogP contribution is 2.19. The summed E-state index contributed by atoms with van der Waals surface area (Å²) in [5.41, 5.74) is 6.70. The smallest absolute Gasteiger partial charge is 0.278 e. The van der Waals surface area contributed by atoms with Crippen molar-refractivity contribution in [3.63, 3.8) is 0 Å². The Labute approximate surface area is 151 Å². The van der Waals surface area contributed by atoms with Crippen LogP contribution in [0.25, 0.3) is 0 Å². The minimum Gasteiger partial charge on any atom is -0.396 e. The molecule has 2 aromatic heterocycles. The van der Waals surface area contributed by atoms with Gasteiger partial charge in [-0.2, -0.15) is 5.10 Å². The van der Waals surface area contributed by atoms with Crippen molar-refractivity contribution in [3.05, 3.63) is 40.1 Å². The van der Waals surface area contributed by atoms with Gasteiger partial charge in [-0.1, -0.05) is 13.8 Å². The maximum atomic E-state index is 12.7. The summed E-state index contributed by atoms with van der Waals surface area (Å²) in [6, 6.07) is 1.65. The van der Waals surface area contributed by atoms with Gasteiger partial charge in [0.15, 0.2) is 0 Å². The van der Waals surface area contributed by atoms with Gasteiger partial charge in [-0.3, -0.25) is 19.9 Å². The summed E-state index contributed by atoms with van der Waals surface area (Å²) < 4.78 is 1.09. The van der Waals surface area contributed by atoms with Gasteiger partial charge in [-0.15, -0.1) is 0 Å². The van der Waals surface area contributed by atoms with E-state index in [9.17, 15) is 9.59 Å². The van der Waals surface area contributed by atoms with Crippen LogP contribution in [0.2, 0.25) is 0 Å². The zero-order chi connectivity index (χ0) is 19.3. The SMILES string of the molecule is CC(C)N=Cc1c(N)c(C(C)C)nn(CC(=O)Nc2ncccn2)c1=O.